The number of aromatic hydroxyl groups is 1. The number of aromatic nitrogens is 3. The summed E-state index contributed by atoms with van der Waals surface area (Å²) in [6.45, 7) is 0.240. The normalized spacial score (nSPS) is 15.0. The standard InChI is InChI=1S/C27H29N5O3S/c33-21-14-12-19(13-15-21)26(27(35)28-20-7-2-1-3-8-20)31(17-22-9-6-16-36-22)25(34)18-32-24-11-5-4-10-23(24)29-30-32/h4-6,9-16,20,26,33H,1-3,7-8,17-18H2,(H,28,35). The number of hydrogen-bond acceptors (Lipinski definition) is 6. The van der Waals surface area contributed by atoms with Crippen LogP contribution in [0.3, 0.4) is 0 Å². The summed E-state index contributed by atoms with van der Waals surface area (Å²) in [4.78, 5) is 30.2. The average molecular weight is 504 g/mol. The summed E-state index contributed by atoms with van der Waals surface area (Å²) in [5.74, 6) is -0.340. The lowest BCUT2D eigenvalue weighted by Gasteiger charge is -2.33. The number of nitrogens with one attached hydrogen (secondary N) is 1. The molecule has 0 saturated heterocycles. The zero-order valence-electron chi connectivity index (χ0n) is 19.9. The molecule has 1 aliphatic rings. The van der Waals surface area contributed by atoms with E-state index in [0.29, 0.717) is 11.1 Å². The Kier molecular flexibility index (Phi) is 7.27. The first-order valence-electron chi connectivity index (χ1n) is 12.3. The molecule has 1 aliphatic carbocycles. The molecule has 1 fully saturated rings. The van der Waals surface area contributed by atoms with Gasteiger partial charge in [0.05, 0.1) is 12.1 Å². The minimum atomic E-state index is -0.850. The zero-order valence-corrected chi connectivity index (χ0v) is 20.7. The molecule has 0 spiro atoms. The van der Waals surface area contributed by atoms with Crippen molar-refractivity contribution in [3.8, 4) is 5.75 Å². The van der Waals surface area contributed by atoms with Crippen molar-refractivity contribution in [3.63, 3.8) is 0 Å². The third kappa shape index (κ3) is 5.41. The van der Waals surface area contributed by atoms with Crippen molar-refractivity contribution in [2.24, 2.45) is 0 Å². The summed E-state index contributed by atoms with van der Waals surface area (Å²) in [6.07, 6.45) is 5.25. The monoisotopic (exact) mass is 503 g/mol. The van der Waals surface area contributed by atoms with Crippen LogP contribution in [0, 0.1) is 0 Å². The van der Waals surface area contributed by atoms with Crippen molar-refractivity contribution >= 4 is 34.2 Å². The molecule has 2 N–H and O–H groups in total. The first kappa shape index (κ1) is 24.0. The number of thiophene rings is 1. The lowest BCUT2D eigenvalue weighted by atomic mass is 9.94. The molecule has 4 aromatic rings. The van der Waals surface area contributed by atoms with Crippen LogP contribution < -0.4 is 5.32 Å². The van der Waals surface area contributed by atoms with E-state index in [1.54, 1.807) is 45.2 Å². The number of carbonyl (C=O) groups excluding carboxylic acids is 2. The third-order valence-corrected chi connectivity index (χ3v) is 7.51. The molecule has 2 heterocycles. The van der Waals surface area contributed by atoms with Crippen LogP contribution in [0.2, 0.25) is 0 Å². The molecule has 2 amide bonds. The fourth-order valence-corrected chi connectivity index (χ4v) is 5.51. The van der Waals surface area contributed by atoms with Crippen LogP contribution in [0.5, 0.6) is 5.75 Å². The topological polar surface area (TPSA) is 100 Å². The quantitative estimate of drug-likeness (QED) is 0.371. The molecule has 1 saturated carbocycles. The average Bonchev–Trinajstić information content (AvgIpc) is 3.56. The molecule has 0 bridgehead atoms. The minimum Gasteiger partial charge on any atom is -0.508 e. The number of nitrogens with zero attached hydrogens (tertiary/aromatic N) is 4. The molecule has 1 unspecified atom stereocenters. The molecule has 5 rings (SSSR count). The Morgan fingerprint density at radius 2 is 1.83 bits per heavy atom. The van der Waals surface area contributed by atoms with Gasteiger partial charge in [0, 0.05) is 10.9 Å². The van der Waals surface area contributed by atoms with Crippen molar-refractivity contribution < 1.29 is 14.7 Å². The van der Waals surface area contributed by atoms with Crippen molar-refractivity contribution in [2.75, 3.05) is 0 Å². The predicted molar refractivity (Wildman–Crippen MR) is 138 cm³/mol. The van der Waals surface area contributed by atoms with Crippen LogP contribution in [0.25, 0.3) is 11.0 Å². The van der Waals surface area contributed by atoms with E-state index in [1.165, 1.54) is 6.42 Å². The number of amides is 2. The molecule has 0 radical (unpaired) electrons. The largest absolute Gasteiger partial charge is 0.508 e. The van der Waals surface area contributed by atoms with Crippen LogP contribution in [-0.4, -0.2) is 42.9 Å². The Morgan fingerprint density at radius 3 is 2.58 bits per heavy atom. The number of benzene rings is 2. The van der Waals surface area contributed by atoms with Gasteiger partial charge >= 0.3 is 0 Å². The number of carbonyl (C=O) groups is 2. The first-order valence-corrected chi connectivity index (χ1v) is 13.2. The van der Waals surface area contributed by atoms with Gasteiger partial charge in [-0.2, -0.15) is 0 Å². The van der Waals surface area contributed by atoms with E-state index in [9.17, 15) is 14.7 Å². The number of phenols is 1. The third-order valence-electron chi connectivity index (χ3n) is 6.65. The molecule has 1 atom stereocenters. The van der Waals surface area contributed by atoms with E-state index in [4.69, 9.17) is 0 Å². The van der Waals surface area contributed by atoms with E-state index >= 15 is 0 Å². The van der Waals surface area contributed by atoms with E-state index in [2.05, 4.69) is 15.6 Å². The van der Waals surface area contributed by atoms with Gasteiger partial charge in [-0.15, -0.1) is 16.4 Å². The maximum absolute atomic E-state index is 13.9. The molecule has 0 aliphatic heterocycles. The van der Waals surface area contributed by atoms with Gasteiger partial charge in [-0.1, -0.05) is 54.8 Å². The van der Waals surface area contributed by atoms with Crippen molar-refractivity contribution in [1.29, 1.82) is 0 Å². The summed E-state index contributed by atoms with van der Waals surface area (Å²) in [5, 5.41) is 23.4. The molecule has 2 aromatic carbocycles. The number of hydrogen-bond donors (Lipinski definition) is 2. The smallest absolute Gasteiger partial charge is 0.247 e. The number of rotatable bonds is 8. The lowest BCUT2D eigenvalue weighted by molar-refractivity contribution is -0.142. The van der Waals surface area contributed by atoms with E-state index in [-0.39, 0.29) is 36.7 Å². The highest BCUT2D eigenvalue weighted by Crippen LogP contribution is 2.28. The van der Waals surface area contributed by atoms with Gasteiger partial charge in [0.2, 0.25) is 11.8 Å². The second kappa shape index (κ2) is 10.9. The van der Waals surface area contributed by atoms with Crippen molar-refractivity contribution in [2.45, 2.75) is 57.3 Å². The lowest BCUT2D eigenvalue weighted by Crippen LogP contribution is -2.47. The molecule has 186 valence electrons. The van der Waals surface area contributed by atoms with Crippen LogP contribution in [0.15, 0.2) is 66.0 Å². The maximum Gasteiger partial charge on any atom is 0.247 e. The second-order valence-corrected chi connectivity index (χ2v) is 10.2. The predicted octanol–water partition coefficient (Wildman–Crippen LogP) is 4.42. The highest BCUT2D eigenvalue weighted by Gasteiger charge is 2.33. The van der Waals surface area contributed by atoms with Gasteiger partial charge in [-0.25, -0.2) is 4.68 Å². The molecular formula is C27H29N5O3S. The first-order chi connectivity index (χ1) is 17.6. The summed E-state index contributed by atoms with van der Waals surface area (Å²) >= 11 is 1.54. The summed E-state index contributed by atoms with van der Waals surface area (Å²) < 4.78 is 1.58. The molecule has 36 heavy (non-hydrogen) atoms. The summed E-state index contributed by atoms with van der Waals surface area (Å²) in [7, 11) is 0. The van der Waals surface area contributed by atoms with Crippen LogP contribution in [-0.2, 0) is 22.7 Å². The van der Waals surface area contributed by atoms with Crippen molar-refractivity contribution in [3.05, 3.63) is 76.5 Å². The Morgan fingerprint density at radius 1 is 1.06 bits per heavy atom. The molecular weight excluding hydrogens is 474 g/mol. The van der Waals surface area contributed by atoms with Crippen molar-refractivity contribution in [1.82, 2.24) is 25.2 Å². The minimum absolute atomic E-state index is 0.0445. The molecule has 8 nitrogen and oxygen atoms in total. The second-order valence-electron chi connectivity index (χ2n) is 9.17. The maximum atomic E-state index is 13.9. The Hall–Kier alpha value is -3.72. The fourth-order valence-electron chi connectivity index (χ4n) is 4.80. The number of fused-ring (bicyclic) bond motifs is 1. The van der Waals surface area contributed by atoms with Gasteiger partial charge in [0.1, 0.15) is 23.9 Å². The van der Waals surface area contributed by atoms with Gasteiger partial charge < -0.3 is 15.3 Å². The summed E-state index contributed by atoms with van der Waals surface area (Å²) in [6, 6.07) is 17.2. The Labute approximate surface area is 213 Å². The SMILES string of the molecule is O=C(NC1CCCCC1)C(c1ccc(O)cc1)N(Cc1cccs1)C(=O)Cn1nnc2ccccc21. The summed E-state index contributed by atoms with van der Waals surface area (Å²) in [5.41, 5.74) is 2.12. The van der Waals surface area contributed by atoms with Gasteiger partial charge in [-0.3, -0.25) is 9.59 Å². The molecule has 2 aromatic heterocycles. The zero-order chi connectivity index (χ0) is 24.9. The highest BCUT2D eigenvalue weighted by atomic mass is 32.1. The van der Waals surface area contributed by atoms with Gasteiger partial charge in [0.25, 0.3) is 0 Å². The Bertz CT molecular complexity index is 1310. The van der Waals surface area contributed by atoms with E-state index in [1.807, 2.05) is 41.8 Å². The Balaban J connectivity index is 1.49. The highest BCUT2D eigenvalue weighted by molar-refractivity contribution is 7.09. The van der Waals surface area contributed by atoms with E-state index in [0.717, 1.165) is 36.1 Å². The van der Waals surface area contributed by atoms with Gasteiger partial charge in [-0.05, 0) is 54.1 Å². The van der Waals surface area contributed by atoms with Crippen LogP contribution >= 0.6 is 11.3 Å². The fraction of sp³-hybridized carbons (Fsp3) is 0.333. The van der Waals surface area contributed by atoms with Crippen LogP contribution in [0.1, 0.15) is 48.6 Å². The number of phenolic OH excluding ortho intramolecular Hbond substituents is 1. The van der Waals surface area contributed by atoms with Crippen LogP contribution in [0.4, 0.5) is 0 Å². The van der Waals surface area contributed by atoms with Gasteiger partial charge in [0.15, 0.2) is 0 Å². The number of para-hydroxylation sites is 1. The van der Waals surface area contributed by atoms with E-state index < -0.39 is 6.04 Å². The molecule has 9 heteroatoms.